The van der Waals surface area contributed by atoms with Crippen molar-refractivity contribution in [3.05, 3.63) is 56.2 Å². The molecule has 0 saturated carbocycles. The quantitative estimate of drug-likeness (QED) is 0.681. The van der Waals surface area contributed by atoms with Crippen molar-refractivity contribution in [2.75, 3.05) is 13.1 Å². The molecule has 0 aliphatic carbocycles. The van der Waals surface area contributed by atoms with Crippen LogP contribution in [0.15, 0.2) is 36.4 Å². The van der Waals surface area contributed by atoms with Gasteiger partial charge in [0.25, 0.3) is 5.91 Å². The zero-order valence-electron chi connectivity index (χ0n) is 12.1. The minimum absolute atomic E-state index is 0.272. The van der Waals surface area contributed by atoms with E-state index < -0.39 is 0 Å². The molecule has 8 heteroatoms. The van der Waals surface area contributed by atoms with Crippen molar-refractivity contribution in [2.24, 2.45) is 0 Å². The van der Waals surface area contributed by atoms with Gasteiger partial charge < -0.3 is 16.0 Å². The lowest BCUT2D eigenvalue weighted by molar-refractivity contribution is 0.0954. The first kappa shape index (κ1) is 17.6. The molecule has 0 fully saturated rings. The van der Waals surface area contributed by atoms with Crippen LogP contribution >= 0.6 is 34.5 Å². The van der Waals surface area contributed by atoms with E-state index in [0.717, 1.165) is 4.88 Å². The van der Waals surface area contributed by atoms with Gasteiger partial charge in [0.15, 0.2) is 0 Å². The fourth-order valence-corrected chi connectivity index (χ4v) is 3.02. The topological polar surface area (TPSA) is 70.2 Å². The van der Waals surface area contributed by atoms with Crippen LogP contribution in [0.25, 0.3) is 0 Å². The molecule has 0 radical (unpaired) electrons. The van der Waals surface area contributed by atoms with E-state index in [1.807, 2.05) is 6.07 Å². The molecule has 1 aromatic heterocycles. The summed E-state index contributed by atoms with van der Waals surface area (Å²) in [4.78, 5) is 24.5. The molecule has 122 valence electrons. The normalized spacial score (nSPS) is 10.2. The summed E-state index contributed by atoms with van der Waals surface area (Å²) in [6.07, 6.45) is 0. The minimum atomic E-state index is -0.304. The molecule has 2 aromatic rings. The van der Waals surface area contributed by atoms with Crippen LogP contribution in [0.1, 0.15) is 15.2 Å². The predicted octanol–water partition coefficient (Wildman–Crippen LogP) is 3.28. The highest BCUT2D eigenvalue weighted by Crippen LogP contribution is 2.20. The van der Waals surface area contributed by atoms with Gasteiger partial charge in [-0.2, -0.15) is 0 Å². The van der Waals surface area contributed by atoms with E-state index >= 15 is 0 Å². The fourth-order valence-electron chi connectivity index (χ4n) is 1.77. The summed E-state index contributed by atoms with van der Waals surface area (Å²) in [6.45, 7) is 1.03. The second kappa shape index (κ2) is 8.76. The lowest BCUT2D eigenvalue weighted by atomic mass is 10.2. The maximum Gasteiger partial charge on any atom is 0.315 e. The van der Waals surface area contributed by atoms with E-state index in [2.05, 4.69) is 16.0 Å². The summed E-state index contributed by atoms with van der Waals surface area (Å²) in [6, 6.07) is 10.1. The first-order valence-electron chi connectivity index (χ1n) is 6.85. The number of rotatable bonds is 6. The standard InChI is InChI=1S/C15H15Cl2N3O2S/c16-12-4-2-1-3-11(12)14(21)18-7-8-19-15(22)20-9-10-5-6-13(17)23-10/h1-6H,7-9H2,(H,18,21)(H2,19,20,22). The van der Waals surface area contributed by atoms with E-state index in [0.29, 0.717) is 34.6 Å². The smallest absolute Gasteiger partial charge is 0.315 e. The molecule has 5 nitrogen and oxygen atoms in total. The second-order valence-corrected chi connectivity index (χ2v) is 6.76. The number of urea groups is 1. The third-order valence-corrected chi connectivity index (χ3v) is 4.43. The number of thiophene rings is 1. The first-order valence-corrected chi connectivity index (χ1v) is 8.42. The number of nitrogens with one attached hydrogen (secondary N) is 3. The molecule has 0 unspecified atom stereocenters. The van der Waals surface area contributed by atoms with Gasteiger partial charge in [-0.05, 0) is 24.3 Å². The fraction of sp³-hybridized carbons (Fsp3) is 0.200. The SMILES string of the molecule is O=C(NCCNC(=O)c1ccccc1Cl)NCc1ccc(Cl)s1. The van der Waals surface area contributed by atoms with Crippen molar-refractivity contribution in [1.82, 2.24) is 16.0 Å². The summed E-state index contributed by atoms with van der Waals surface area (Å²) < 4.78 is 0.685. The number of carbonyl (C=O) groups is 2. The van der Waals surface area contributed by atoms with Gasteiger partial charge >= 0.3 is 6.03 Å². The maximum atomic E-state index is 11.9. The summed E-state index contributed by atoms with van der Waals surface area (Å²) in [7, 11) is 0. The average Bonchev–Trinajstić information content (AvgIpc) is 2.95. The summed E-state index contributed by atoms with van der Waals surface area (Å²) in [5.74, 6) is -0.272. The summed E-state index contributed by atoms with van der Waals surface area (Å²) in [5, 5.41) is 8.45. The Morgan fingerprint density at radius 1 is 0.957 bits per heavy atom. The van der Waals surface area contributed by atoms with Crippen LogP contribution in [0.2, 0.25) is 9.36 Å². The van der Waals surface area contributed by atoms with Crippen LogP contribution in [0.5, 0.6) is 0 Å². The van der Waals surface area contributed by atoms with Crippen LogP contribution in [0.4, 0.5) is 4.79 Å². The van der Waals surface area contributed by atoms with E-state index in [4.69, 9.17) is 23.2 Å². The molecular weight excluding hydrogens is 357 g/mol. The lowest BCUT2D eigenvalue weighted by Gasteiger charge is -2.08. The Morgan fingerprint density at radius 2 is 1.70 bits per heavy atom. The molecule has 3 N–H and O–H groups in total. The molecule has 1 heterocycles. The van der Waals surface area contributed by atoms with E-state index in [-0.39, 0.29) is 11.9 Å². The Balaban J connectivity index is 1.64. The molecule has 0 atom stereocenters. The first-order chi connectivity index (χ1) is 11.1. The van der Waals surface area contributed by atoms with Crippen LogP contribution in [-0.4, -0.2) is 25.0 Å². The molecule has 0 aliphatic heterocycles. The Labute approximate surface area is 148 Å². The molecule has 2 rings (SSSR count). The van der Waals surface area contributed by atoms with Crippen molar-refractivity contribution >= 4 is 46.5 Å². The van der Waals surface area contributed by atoms with E-state index in [9.17, 15) is 9.59 Å². The highest BCUT2D eigenvalue weighted by atomic mass is 35.5. The van der Waals surface area contributed by atoms with Gasteiger partial charge in [0.05, 0.1) is 21.5 Å². The van der Waals surface area contributed by atoms with Crippen molar-refractivity contribution in [3.63, 3.8) is 0 Å². The monoisotopic (exact) mass is 371 g/mol. The van der Waals surface area contributed by atoms with Crippen LogP contribution < -0.4 is 16.0 Å². The third-order valence-electron chi connectivity index (χ3n) is 2.87. The highest BCUT2D eigenvalue weighted by Gasteiger charge is 2.08. The second-order valence-electron chi connectivity index (χ2n) is 4.55. The largest absolute Gasteiger partial charge is 0.350 e. The van der Waals surface area contributed by atoms with Crippen molar-refractivity contribution < 1.29 is 9.59 Å². The van der Waals surface area contributed by atoms with Gasteiger partial charge in [0.2, 0.25) is 0 Å². The molecule has 23 heavy (non-hydrogen) atoms. The van der Waals surface area contributed by atoms with Crippen molar-refractivity contribution in [1.29, 1.82) is 0 Å². The van der Waals surface area contributed by atoms with Gasteiger partial charge in [-0.1, -0.05) is 35.3 Å². The summed E-state index contributed by atoms with van der Waals surface area (Å²) >= 11 is 13.2. The molecule has 0 aliphatic rings. The van der Waals surface area contributed by atoms with Gasteiger partial charge in [-0.3, -0.25) is 4.79 Å². The van der Waals surface area contributed by atoms with Crippen LogP contribution in [-0.2, 0) is 6.54 Å². The van der Waals surface area contributed by atoms with Gasteiger partial charge in [-0.15, -0.1) is 11.3 Å². The van der Waals surface area contributed by atoms with Crippen molar-refractivity contribution in [2.45, 2.75) is 6.54 Å². The number of halogens is 2. The summed E-state index contributed by atoms with van der Waals surface area (Å²) in [5.41, 5.74) is 0.410. The Bertz CT molecular complexity index is 691. The molecule has 0 saturated heterocycles. The number of hydrogen-bond acceptors (Lipinski definition) is 3. The molecule has 0 spiro atoms. The van der Waals surface area contributed by atoms with Crippen molar-refractivity contribution in [3.8, 4) is 0 Å². The lowest BCUT2D eigenvalue weighted by Crippen LogP contribution is -2.39. The predicted molar refractivity (Wildman–Crippen MR) is 93.4 cm³/mol. The van der Waals surface area contributed by atoms with Gasteiger partial charge in [-0.25, -0.2) is 4.79 Å². The molecule has 1 aromatic carbocycles. The minimum Gasteiger partial charge on any atom is -0.350 e. The molecule has 3 amide bonds. The van der Waals surface area contributed by atoms with E-state index in [1.54, 1.807) is 30.3 Å². The highest BCUT2D eigenvalue weighted by molar-refractivity contribution is 7.16. The number of amides is 3. The van der Waals surface area contributed by atoms with E-state index in [1.165, 1.54) is 11.3 Å². The number of carbonyl (C=O) groups excluding carboxylic acids is 2. The number of hydrogen-bond donors (Lipinski definition) is 3. The molecular formula is C15H15Cl2N3O2S. The zero-order chi connectivity index (χ0) is 16.7. The maximum absolute atomic E-state index is 11.9. The Hall–Kier alpha value is -1.76. The van der Waals surface area contributed by atoms with Crippen LogP contribution in [0.3, 0.4) is 0 Å². The Morgan fingerprint density at radius 3 is 2.39 bits per heavy atom. The Kier molecular flexibility index (Phi) is 6.70. The van der Waals surface area contributed by atoms with Gasteiger partial charge in [0.1, 0.15) is 0 Å². The third kappa shape index (κ3) is 5.74. The van der Waals surface area contributed by atoms with Gasteiger partial charge in [0, 0.05) is 18.0 Å². The molecule has 0 bridgehead atoms. The zero-order valence-corrected chi connectivity index (χ0v) is 14.4. The average molecular weight is 372 g/mol. The number of benzene rings is 1. The van der Waals surface area contributed by atoms with Crippen LogP contribution in [0, 0.1) is 0 Å².